The van der Waals surface area contributed by atoms with Gasteiger partial charge in [0, 0.05) is 50.1 Å². The Balaban J connectivity index is 1.64. The van der Waals surface area contributed by atoms with Gasteiger partial charge >= 0.3 is 0 Å². The number of aromatic nitrogens is 1. The van der Waals surface area contributed by atoms with Gasteiger partial charge in [0.05, 0.1) is 5.56 Å². The first kappa shape index (κ1) is 25.5. The number of carbonyl (C=O) groups is 3. The maximum atomic E-state index is 13.7. The number of aliphatic hydroxyl groups is 3. The molecule has 3 atom stereocenters. The first-order chi connectivity index (χ1) is 18.0. The van der Waals surface area contributed by atoms with Crippen LogP contribution >= 0.6 is 0 Å². The molecule has 0 aliphatic heterocycles. The third kappa shape index (κ3) is 3.66. The number of nitrogens with two attached hydrogens (primary N) is 1. The molecular formula is C28H29N3O7. The van der Waals surface area contributed by atoms with Crippen LogP contribution in [0, 0.1) is 11.8 Å². The topological polar surface area (TPSA) is 174 Å². The maximum Gasteiger partial charge on any atom is 0.255 e. The van der Waals surface area contributed by atoms with Gasteiger partial charge in [-0.25, -0.2) is 0 Å². The van der Waals surface area contributed by atoms with Gasteiger partial charge in [-0.15, -0.1) is 0 Å². The summed E-state index contributed by atoms with van der Waals surface area (Å²) in [5.74, 6) is -6.29. The standard InChI is InChI=1S/C28H29N3O7/c1-31(2)18-10-14(6-5-13-4-3-7-30-12-13)23(33)21-17(18)9-15-8-16-11-19(32)22(27(29)37)26(36)28(16,38)25(35)20(15)24(21)34/h3-4,7,10,12,15-16,33-34,36,38H,5-6,8-9,11H2,1-2H3,(H2,29,37)/t15-,16+,28+/m1/s1. The molecule has 3 aliphatic rings. The van der Waals surface area contributed by atoms with Crippen molar-refractivity contribution in [3.05, 3.63) is 69.8 Å². The van der Waals surface area contributed by atoms with Gasteiger partial charge in [0.1, 0.15) is 22.8 Å². The quantitative estimate of drug-likeness (QED) is 0.368. The molecule has 3 aliphatic carbocycles. The third-order valence-electron chi connectivity index (χ3n) is 8.01. The number of ketones is 2. The van der Waals surface area contributed by atoms with Crippen molar-refractivity contribution in [3.8, 4) is 5.75 Å². The van der Waals surface area contributed by atoms with Crippen molar-refractivity contribution in [1.29, 1.82) is 0 Å². The number of amides is 1. The molecule has 198 valence electrons. The number of nitrogens with zero attached hydrogens (tertiary/aromatic N) is 2. The number of anilines is 1. The zero-order valence-electron chi connectivity index (χ0n) is 21.1. The molecule has 10 heteroatoms. The van der Waals surface area contributed by atoms with Crippen LogP contribution in [0.5, 0.6) is 5.75 Å². The lowest BCUT2D eigenvalue weighted by Crippen LogP contribution is -2.58. The first-order valence-electron chi connectivity index (χ1n) is 12.4. The fourth-order valence-electron chi connectivity index (χ4n) is 6.14. The molecule has 0 bridgehead atoms. The average molecular weight is 520 g/mol. The minimum atomic E-state index is -2.58. The van der Waals surface area contributed by atoms with Crippen LogP contribution in [0.25, 0.3) is 5.76 Å². The SMILES string of the molecule is CN(C)c1cc(CCc2cccnc2)c(O)c2c1C[C@H]1C[C@H]3CC(=O)C(C(N)=O)=C(O)[C@@]3(O)C(=O)C1=C2O. The summed E-state index contributed by atoms with van der Waals surface area (Å²) < 4.78 is 0. The summed E-state index contributed by atoms with van der Waals surface area (Å²) in [5.41, 5.74) is 4.75. The predicted octanol–water partition coefficient (Wildman–Crippen LogP) is 1.67. The second-order valence-corrected chi connectivity index (χ2v) is 10.4. The van der Waals surface area contributed by atoms with E-state index in [0.29, 0.717) is 24.0 Å². The normalized spacial score (nSPS) is 24.6. The largest absolute Gasteiger partial charge is 0.508 e. The number of hydrogen-bond acceptors (Lipinski definition) is 9. The van der Waals surface area contributed by atoms with Crippen LogP contribution in [-0.2, 0) is 33.6 Å². The van der Waals surface area contributed by atoms with Gasteiger partial charge < -0.3 is 31.1 Å². The van der Waals surface area contributed by atoms with Gasteiger partial charge in [-0.2, -0.15) is 0 Å². The zero-order chi connectivity index (χ0) is 27.5. The Morgan fingerprint density at radius 3 is 2.55 bits per heavy atom. The van der Waals surface area contributed by atoms with Crippen LogP contribution in [-0.4, -0.2) is 62.6 Å². The number of fused-ring (bicyclic) bond motifs is 3. The number of rotatable bonds is 5. The highest BCUT2D eigenvalue weighted by molar-refractivity contribution is 6.22. The molecule has 0 radical (unpaired) electrons. The second-order valence-electron chi connectivity index (χ2n) is 10.4. The Kier molecular flexibility index (Phi) is 6.02. The molecule has 0 unspecified atom stereocenters. The van der Waals surface area contributed by atoms with Gasteiger partial charge in [0.2, 0.25) is 5.78 Å². The molecule has 1 saturated carbocycles. The van der Waals surface area contributed by atoms with Crippen molar-refractivity contribution < 1.29 is 34.8 Å². The summed E-state index contributed by atoms with van der Waals surface area (Å²) in [4.78, 5) is 44.0. The van der Waals surface area contributed by atoms with Gasteiger partial charge in [-0.1, -0.05) is 6.07 Å². The number of pyridine rings is 1. The molecule has 6 N–H and O–H groups in total. The number of Topliss-reactive ketones (excluding diaryl/α,β-unsaturated/α-hetero) is 2. The van der Waals surface area contributed by atoms with Gasteiger partial charge in [-0.05, 0) is 60.4 Å². The van der Waals surface area contributed by atoms with Crippen LogP contribution in [0.4, 0.5) is 5.69 Å². The number of phenols is 1. The Labute approximate surface area is 218 Å². The molecule has 1 aromatic heterocycles. The van der Waals surface area contributed by atoms with E-state index >= 15 is 0 Å². The molecule has 38 heavy (non-hydrogen) atoms. The van der Waals surface area contributed by atoms with Crippen molar-refractivity contribution in [2.45, 2.75) is 37.7 Å². The molecule has 0 saturated heterocycles. The fourth-order valence-corrected chi connectivity index (χ4v) is 6.14. The molecule has 5 rings (SSSR count). The summed E-state index contributed by atoms with van der Waals surface area (Å²) in [5, 5.41) is 44.9. The summed E-state index contributed by atoms with van der Waals surface area (Å²) in [7, 11) is 3.68. The van der Waals surface area contributed by atoms with E-state index in [1.54, 1.807) is 12.4 Å². The zero-order valence-corrected chi connectivity index (χ0v) is 21.1. The molecule has 1 fully saturated rings. The summed E-state index contributed by atoms with van der Waals surface area (Å²) in [6, 6.07) is 5.61. The monoisotopic (exact) mass is 519 g/mol. The van der Waals surface area contributed by atoms with E-state index in [-0.39, 0.29) is 36.1 Å². The second kappa shape index (κ2) is 8.98. The Hall–Kier alpha value is -4.18. The van der Waals surface area contributed by atoms with Crippen LogP contribution in [0.15, 0.2) is 47.5 Å². The highest BCUT2D eigenvalue weighted by Gasteiger charge is 2.60. The molecule has 1 heterocycles. The van der Waals surface area contributed by atoms with E-state index in [4.69, 9.17) is 5.73 Å². The third-order valence-corrected chi connectivity index (χ3v) is 8.01. The number of aliphatic hydroxyl groups excluding tert-OH is 2. The summed E-state index contributed by atoms with van der Waals surface area (Å²) in [6.07, 6.45) is 4.44. The van der Waals surface area contributed by atoms with E-state index in [1.807, 2.05) is 37.2 Å². The fraction of sp³-hybridized carbons (Fsp3) is 0.357. The van der Waals surface area contributed by atoms with Crippen LogP contribution in [0.2, 0.25) is 0 Å². The molecule has 10 nitrogen and oxygen atoms in total. The van der Waals surface area contributed by atoms with E-state index in [9.17, 15) is 34.8 Å². The van der Waals surface area contributed by atoms with Gasteiger partial charge in [0.15, 0.2) is 11.4 Å². The lowest BCUT2D eigenvalue weighted by molar-refractivity contribution is -0.147. The number of benzene rings is 1. The van der Waals surface area contributed by atoms with Crippen molar-refractivity contribution >= 4 is 28.9 Å². The highest BCUT2D eigenvalue weighted by atomic mass is 16.3. The number of hydrogen-bond donors (Lipinski definition) is 5. The Morgan fingerprint density at radius 1 is 1.18 bits per heavy atom. The Morgan fingerprint density at radius 2 is 1.92 bits per heavy atom. The lowest BCUT2D eigenvalue weighted by atomic mass is 9.59. The minimum Gasteiger partial charge on any atom is -0.508 e. The van der Waals surface area contributed by atoms with Gasteiger partial charge in [-0.3, -0.25) is 19.4 Å². The summed E-state index contributed by atoms with van der Waals surface area (Å²) >= 11 is 0. The number of carbonyl (C=O) groups excluding carboxylic acids is 3. The molecule has 0 spiro atoms. The van der Waals surface area contributed by atoms with Crippen molar-refractivity contribution in [2.75, 3.05) is 19.0 Å². The average Bonchev–Trinajstić information content (AvgIpc) is 2.86. The Bertz CT molecular complexity index is 1440. The summed E-state index contributed by atoms with van der Waals surface area (Å²) in [6.45, 7) is 0. The lowest BCUT2D eigenvalue weighted by Gasteiger charge is -2.46. The van der Waals surface area contributed by atoms with E-state index in [1.165, 1.54) is 0 Å². The molecular weight excluding hydrogens is 490 g/mol. The number of aromatic hydroxyl groups is 1. The molecule has 1 aromatic carbocycles. The number of phenolic OH excluding ortho intramolecular Hbond substituents is 1. The van der Waals surface area contributed by atoms with E-state index in [2.05, 4.69) is 4.98 Å². The maximum absolute atomic E-state index is 13.7. The predicted molar refractivity (Wildman–Crippen MR) is 137 cm³/mol. The number of primary amides is 1. The minimum absolute atomic E-state index is 0.0965. The van der Waals surface area contributed by atoms with Crippen molar-refractivity contribution in [3.63, 3.8) is 0 Å². The van der Waals surface area contributed by atoms with Gasteiger partial charge in [0.25, 0.3) is 5.91 Å². The van der Waals surface area contributed by atoms with Crippen LogP contribution < -0.4 is 10.6 Å². The smallest absolute Gasteiger partial charge is 0.255 e. The van der Waals surface area contributed by atoms with E-state index in [0.717, 1.165) is 11.3 Å². The molecule has 1 amide bonds. The highest BCUT2D eigenvalue weighted by Crippen LogP contribution is 2.53. The number of aryl methyl sites for hydroxylation is 2. The van der Waals surface area contributed by atoms with Crippen molar-refractivity contribution in [2.24, 2.45) is 17.6 Å². The first-order valence-corrected chi connectivity index (χ1v) is 12.4. The van der Waals surface area contributed by atoms with Crippen molar-refractivity contribution in [1.82, 2.24) is 4.98 Å². The van der Waals surface area contributed by atoms with Crippen LogP contribution in [0.1, 0.15) is 35.1 Å². The van der Waals surface area contributed by atoms with Crippen LogP contribution in [0.3, 0.4) is 0 Å². The molecule has 2 aromatic rings. The van der Waals surface area contributed by atoms with E-state index < -0.39 is 52.0 Å².